The fourth-order valence-corrected chi connectivity index (χ4v) is 1.68. The van der Waals surface area contributed by atoms with Crippen LogP contribution in [0.4, 0.5) is 4.79 Å². The van der Waals surface area contributed by atoms with E-state index in [1.165, 1.54) is 0 Å². The summed E-state index contributed by atoms with van der Waals surface area (Å²) in [6.07, 6.45) is 1.93. The average molecular weight is 229 g/mol. The van der Waals surface area contributed by atoms with E-state index in [9.17, 15) is 9.59 Å². The molecule has 1 fully saturated rings. The van der Waals surface area contributed by atoms with Gasteiger partial charge >= 0.3 is 12.0 Å². The molecule has 4 N–H and O–H groups in total. The van der Waals surface area contributed by atoms with Crippen LogP contribution in [-0.2, 0) is 4.79 Å². The number of carboxylic acids is 1. The minimum absolute atomic E-state index is 0.158. The Morgan fingerprint density at radius 3 is 2.50 bits per heavy atom. The van der Waals surface area contributed by atoms with Crippen LogP contribution in [0.3, 0.4) is 0 Å². The van der Waals surface area contributed by atoms with Crippen molar-refractivity contribution in [2.75, 3.05) is 13.1 Å². The van der Waals surface area contributed by atoms with Gasteiger partial charge in [-0.1, -0.05) is 6.92 Å². The maximum absolute atomic E-state index is 11.7. The topological polar surface area (TPSA) is 95.7 Å². The Morgan fingerprint density at radius 1 is 1.50 bits per heavy atom. The molecule has 0 radical (unpaired) electrons. The van der Waals surface area contributed by atoms with Crippen molar-refractivity contribution in [1.82, 2.24) is 10.2 Å². The Balaban J connectivity index is 2.42. The summed E-state index contributed by atoms with van der Waals surface area (Å²) in [7, 11) is 0. The van der Waals surface area contributed by atoms with Crippen molar-refractivity contribution in [2.45, 2.75) is 38.3 Å². The van der Waals surface area contributed by atoms with Crippen LogP contribution in [-0.4, -0.2) is 47.2 Å². The summed E-state index contributed by atoms with van der Waals surface area (Å²) < 4.78 is 0. The molecular weight excluding hydrogens is 210 g/mol. The third kappa shape index (κ3) is 3.37. The molecule has 0 aromatic rings. The molecule has 1 saturated heterocycles. The quantitative estimate of drug-likeness (QED) is 0.634. The molecule has 6 heteroatoms. The number of hydrogen-bond donors (Lipinski definition) is 3. The molecule has 92 valence electrons. The highest BCUT2D eigenvalue weighted by molar-refractivity contribution is 5.82. The van der Waals surface area contributed by atoms with Gasteiger partial charge in [-0.15, -0.1) is 0 Å². The van der Waals surface area contributed by atoms with E-state index in [0.29, 0.717) is 19.5 Å². The number of nitrogens with zero attached hydrogens (tertiary/aromatic N) is 1. The van der Waals surface area contributed by atoms with Gasteiger partial charge in [0.2, 0.25) is 0 Å². The molecule has 0 aromatic heterocycles. The second-order valence-electron chi connectivity index (χ2n) is 4.07. The first-order valence-electron chi connectivity index (χ1n) is 5.58. The first-order valence-corrected chi connectivity index (χ1v) is 5.58. The van der Waals surface area contributed by atoms with E-state index >= 15 is 0 Å². The van der Waals surface area contributed by atoms with Gasteiger partial charge < -0.3 is 21.1 Å². The average Bonchev–Trinajstić information content (AvgIpc) is 2.26. The molecule has 0 bridgehead atoms. The van der Waals surface area contributed by atoms with Gasteiger partial charge in [-0.25, -0.2) is 9.59 Å². The van der Waals surface area contributed by atoms with Gasteiger partial charge in [0.25, 0.3) is 0 Å². The van der Waals surface area contributed by atoms with Gasteiger partial charge in [-0.05, 0) is 19.3 Å². The standard InChI is InChI=1S/C10H19N3O3/c1-2-8(9(14)15)12-10(16)13-5-3-7(11)4-6-13/h7-8H,2-6,11H2,1H3,(H,12,16)(H,14,15)/t8-/m1/s1. The van der Waals surface area contributed by atoms with Gasteiger partial charge in [0.05, 0.1) is 0 Å². The van der Waals surface area contributed by atoms with E-state index in [0.717, 1.165) is 12.8 Å². The molecule has 1 atom stereocenters. The van der Waals surface area contributed by atoms with Gasteiger partial charge in [-0.3, -0.25) is 0 Å². The van der Waals surface area contributed by atoms with Crippen LogP contribution in [0.2, 0.25) is 0 Å². The van der Waals surface area contributed by atoms with Crippen LogP contribution in [0.25, 0.3) is 0 Å². The number of nitrogens with two attached hydrogens (primary N) is 1. The number of rotatable bonds is 3. The van der Waals surface area contributed by atoms with Crippen molar-refractivity contribution in [3.63, 3.8) is 0 Å². The highest BCUT2D eigenvalue weighted by Crippen LogP contribution is 2.08. The normalized spacial score (nSPS) is 19.2. The Labute approximate surface area is 94.8 Å². The lowest BCUT2D eigenvalue weighted by Crippen LogP contribution is -2.51. The molecule has 0 aliphatic carbocycles. The summed E-state index contributed by atoms with van der Waals surface area (Å²) in [4.78, 5) is 24.1. The van der Waals surface area contributed by atoms with Crippen molar-refractivity contribution < 1.29 is 14.7 Å². The predicted octanol–water partition coefficient (Wildman–Crippen LogP) is -0.0177. The number of likely N-dealkylation sites (tertiary alicyclic amines) is 1. The van der Waals surface area contributed by atoms with Gasteiger partial charge in [0.1, 0.15) is 6.04 Å². The molecule has 0 saturated carbocycles. The van der Waals surface area contributed by atoms with Crippen LogP contribution in [0.15, 0.2) is 0 Å². The minimum atomic E-state index is -0.996. The third-order valence-electron chi connectivity index (χ3n) is 2.83. The Hall–Kier alpha value is -1.30. The van der Waals surface area contributed by atoms with E-state index in [1.807, 2.05) is 0 Å². The van der Waals surface area contributed by atoms with Gasteiger partial charge in [0, 0.05) is 19.1 Å². The first kappa shape index (κ1) is 12.8. The van der Waals surface area contributed by atoms with Crippen molar-refractivity contribution >= 4 is 12.0 Å². The molecule has 0 unspecified atom stereocenters. The van der Waals surface area contributed by atoms with Crippen molar-refractivity contribution in [2.24, 2.45) is 5.73 Å². The lowest BCUT2D eigenvalue weighted by atomic mass is 10.1. The Morgan fingerprint density at radius 2 is 2.06 bits per heavy atom. The molecular formula is C10H19N3O3. The van der Waals surface area contributed by atoms with Crippen molar-refractivity contribution in [1.29, 1.82) is 0 Å². The zero-order chi connectivity index (χ0) is 12.1. The number of piperidine rings is 1. The van der Waals surface area contributed by atoms with Crippen LogP contribution in [0, 0.1) is 0 Å². The lowest BCUT2D eigenvalue weighted by Gasteiger charge is -2.31. The SMILES string of the molecule is CC[C@@H](NC(=O)N1CCC(N)CC1)C(=O)O. The number of hydrogen-bond acceptors (Lipinski definition) is 3. The number of carboxylic acid groups (broad SMARTS) is 1. The predicted molar refractivity (Wildman–Crippen MR) is 59.0 cm³/mol. The van der Waals surface area contributed by atoms with Crippen LogP contribution >= 0.6 is 0 Å². The number of carbonyl (C=O) groups is 2. The second kappa shape index (κ2) is 5.69. The second-order valence-corrected chi connectivity index (χ2v) is 4.07. The monoisotopic (exact) mass is 229 g/mol. The molecule has 0 aromatic carbocycles. The fraction of sp³-hybridized carbons (Fsp3) is 0.800. The van der Waals surface area contributed by atoms with Crippen LogP contribution in [0.5, 0.6) is 0 Å². The largest absolute Gasteiger partial charge is 0.480 e. The van der Waals surface area contributed by atoms with E-state index in [1.54, 1.807) is 11.8 Å². The summed E-state index contributed by atoms with van der Waals surface area (Å²) in [5, 5.41) is 11.3. The number of aliphatic carboxylic acids is 1. The summed E-state index contributed by atoms with van der Waals surface area (Å²) in [5.41, 5.74) is 5.72. The fourth-order valence-electron chi connectivity index (χ4n) is 1.68. The Kier molecular flexibility index (Phi) is 4.54. The number of urea groups is 1. The highest BCUT2D eigenvalue weighted by atomic mass is 16.4. The molecule has 2 amide bonds. The minimum Gasteiger partial charge on any atom is -0.480 e. The number of carbonyl (C=O) groups excluding carboxylic acids is 1. The molecule has 0 spiro atoms. The van der Waals surface area contributed by atoms with E-state index < -0.39 is 12.0 Å². The summed E-state index contributed by atoms with van der Waals surface area (Å²) in [5.74, 6) is -0.996. The molecule has 1 aliphatic heterocycles. The molecule has 1 aliphatic rings. The summed E-state index contributed by atoms with van der Waals surface area (Å²) in [6, 6.07) is -0.949. The first-order chi connectivity index (χ1) is 7.54. The Bertz CT molecular complexity index is 262. The maximum Gasteiger partial charge on any atom is 0.326 e. The highest BCUT2D eigenvalue weighted by Gasteiger charge is 2.24. The summed E-state index contributed by atoms with van der Waals surface area (Å²) in [6.45, 7) is 2.93. The molecule has 6 nitrogen and oxygen atoms in total. The van der Waals surface area contributed by atoms with Gasteiger partial charge in [0.15, 0.2) is 0 Å². The van der Waals surface area contributed by atoms with Crippen LogP contribution in [0.1, 0.15) is 26.2 Å². The third-order valence-corrected chi connectivity index (χ3v) is 2.83. The van der Waals surface area contributed by atoms with Crippen molar-refractivity contribution in [3.05, 3.63) is 0 Å². The van der Waals surface area contributed by atoms with Crippen LogP contribution < -0.4 is 11.1 Å². The number of amides is 2. The molecule has 1 heterocycles. The van der Waals surface area contributed by atoms with E-state index in [-0.39, 0.29) is 12.1 Å². The zero-order valence-electron chi connectivity index (χ0n) is 9.48. The summed E-state index contributed by atoms with van der Waals surface area (Å²) >= 11 is 0. The van der Waals surface area contributed by atoms with E-state index in [4.69, 9.17) is 10.8 Å². The number of nitrogens with one attached hydrogen (secondary N) is 1. The van der Waals surface area contributed by atoms with E-state index in [2.05, 4.69) is 5.32 Å². The zero-order valence-corrected chi connectivity index (χ0v) is 9.48. The maximum atomic E-state index is 11.7. The lowest BCUT2D eigenvalue weighted by molar-refractivity contribution is -0.139. The smallest absolute Gasteiger partial charge is 0.326 e. The molecule has 1 rings (SSSR count). The van der Waals surface area contributed by atoms with Crippen molar-refractivity contribution in [3.8, 4) is 0 Å². The van der Waals surface area contributed by atoms with Gasteiger partial charge in [-0.2, -0.15) is 0 Å². The molecule has 16 heavy (non-hydrogen) atoms.